The monoisotopic (exact) mass is 388 g/mol. The number of hydrogen-bond acceptors (Lipinski definition) is 2. The van der Waals surface area contributed by atoms with Gasteiger partial charge in [0.1, 0.15) is 11.6 Å². The van der Waals surface area contributed by atoms with E-state index in [2.05, 4.69) is 24.1 Å². The van der Waals surface area contributed by atoms with E-state index in [0.29, 0.717) is 11.5 Å². The van der Waals surface area contributed by atoms with Crippen LogP contribution in [-0.2, 0) is 0 Å². The molecule has 2 nitrogen and oxygen atoms in total. The number of nitrogens with zero attached hydrogens (tertiary/aromatic N) is 1. The number of hydrogen-bond donors (Lipinski definition) is 1. The van der Waals surface area contributed by atoms with Crippen molar-refractivity contribution in [3.63, 3.8) is 0 Å². The van der Waals surface area contributed by atoms with E-state index in [1.165, 1.54) is 6.07 Å². The molecule has 134 valence electrons. The molecule has 23 heavy (non-hydrogen) atoms. The SMILES string of the molecule is CC(C)CC[C@@H](c1c(F)ccc(F)c1Cl)N1CCNCC1.Cl.Cl. The number of benzene rings is 1. The first-order valence-electron chi connectivity index (χ1n) is 7.59. The molecule has 1 atom stereocenters. The fourth-order valence-corrected chi connectivity index (χ4v) is 3.12. The van der Waals surface area contributed by atoms with Crippen LogP contribution in [0.2, 0.25) is 5.02 Å². The molecule has 0 amide bonds. The van der Waals surface area contributed by atoms with Gasteiger partial charge in [0.15, 0.2) is 0 Å². The van der Waals surface area contributed by atoms with E-state index < -0.39 is 11.6 Å². The quantitative estimate of drug-likeness (QED) is 0.725. The second-order valence-corrected chi connectivity index (χ2v) is 6.41. The number of nitrogens with one attached hydrogen (secondary N) is 1. The van der Waals surface area contributed by atoms with Gasteiger partial charge < -0.3 is 5.32 Å². The van der Waals surface area contributed by atoms with Crippen molar-refractivity contribution in [2.45, 2.75) is 32.7 Å². The molecule has 0 saturated carbocycles. The summed E-state index contributed by atoms with van der Waals surface area (Å²) < 4.78 is 28.0. The van der Waals surface area contributed by atoms with Crippen molar-refractivity contribution in [2.24, 2.45) is 5.92 Å². The molecule has 2 rings (SSSR count). The normalized spacial score (nSPS) is 16.6. The summed E-state index contributed by atoms with van der Waals surface area (Å²) in [6.45, 7) is 7.67. The summed E-state index contributed by atoms with van der Waals surface area (Å²) in [6, 6.07) is 2.12. The highest BCUT2D eigenvalue weighted by Crippen LogP contribution is 2.35. The van der Waals surface area contributed by atoms with Crippen molar-refractivity contribution in [1.82, 2.24) is 10.2 Å². The van der Waals surface area contributed by atoms with Gasteiger partial charge in [-0.25, -0.2) is 8.78 Å². The van der Waals surface area contributed by atoms with Gasteiger partial charge in [0.2, 0.25) is 0 Å². The third-order valence-electron chi connectivity index (χ3n) is 4.02. The van der Waals surface area contributed by atoms with Crippen LogP contribution in [0, 0.1) is 17.6 Å². The van der Waals surface area contributed by atoms with Crippen molar-refractivity contribution >= 4 is 36.4 Å². The summed E-state index contributed by atoms with van der Waals surface area (Å²) in [5.41, 5.74) is 0.319. The summed E-state index contributed by atoms with van der Waals surface area (Å²) in [5, 5.41) is 3.22. The predicted octanol–water partition coefficient (Wildman–Crippen LogP) is 4.84. The number of rotatable bonds is 5. The Hall–Kier alpha value is -0.130. The van der Waals surface area contributed by atoms with Crippen LogP contribution in [-0.4, -0.2) is 31.1 Å². The zero-order valence-corrected chi connectivity index (χ0v) is 15.8. The van der Waals surface area contributed by atoms with Crippen molar-refractivity contribution in [2.75, 3.05) is 26.2 Å². The van der Waals surface area contributed by atoms with Crippen LogP contribution in [0.1, 0.15) is 38.3 Å². The van der Waals surface area contributed by atoms with Crippen LogP contribution in [0.25, 0.3) is 0 Å². The minimum atomic E-state index is -0.544. The van der Waals surface area contributed by atoms with Crippen LogP contribution in [0.3, 0.4) is 0 Å². The summed E-state index contributed by atoms with van der Waals surface area (Å²) in [6.07, 6.45) is 1.75. The molecule has 1 fully saturated rings. The van der Waals surface area contributed by atoms with Crippen molar-refractivity contribution < 1.29 is 8.78 Å². The molecule has 1 N–H and O–H groups in total. The molecule has 0 radical (unpaired) electrons. The van der Waals surface area contributed by atoms with Gasteiger partial charge in [-0.3, -0.25) is 4.90 Å². The molecule has 1 aliphatic heterocycles. The van der Waals surface area contributed by atoms with Crippen LogP contribution in [0.5, 0.6) is 0 Å². The molecule has 7 heteroatoms. The average molecular weight is 390 g/mol. The van der Waals surface area contributed by atoms with E-state index >= 15 is 0 Å². The largest absolute Gasteiger partial charge is 0.314 e. The lowest BCUT2D eigenvalue weighted by atomic mass is 9.95. The van der Waals surface area contributed by atoms with Crippen LogP contribution in [0.15, 0.2) is 12.1 Å². The maximum Gasteiger partial charge on any atom is 0.142 e. The third kappa shape index (κ3) is 6.02. The zero-order chi connectivity index (χ0) is 15.4. The highest BCUT2D eigenvalue weighted by atomic mass is 35.5. The molecule has 1 aliphatic rings. The molecule has 1 saturated heterocycles. The Balaban J connectivity index is 0.00000242. The van der Waals surface area contributed by atoms with Gasteiger partial charge in [0.25, 0.3) is 0 Å². The summed E-state index contributed by atoms with van der Waals surface area (Å²) in [4.78, 5) is 2.21. The van der Waals surface area contributed by atoms with Crippen LogP contribution in [0.4, 0.5) is 8.78 Å². The minimum Gasteiger partial charge on any atom is -0.314 e. The average Bonchev–Trinajstić information content (AvgIpc) is 2.47. The first kappa shape index (κ1) is 22.9. The van der Waals surface area contributed by atoms with Crippen LogP contribution < -0.4 is 5.32 Å². The molecule has 0 bridgehead atoms. The second-order valence-electron chi connectivity index (χ2n) is 6.03. The Labute approximate surface area is 154 Å². The lowest BCUT2D eigenvalue weighted by Crippen LogP contribution is -2.45. The fraction of sp³-hybridized carbons (Fsp3) is 0.625. The van der Waals surface area contributed by atoms with E-state index in [-0.39, 0.29) is 35.9 Å². The first-order chi connectivity index (χ1) is 10.0. The lowest BCUT2D eigenvalue weighted by molar-refractivity contribution is 0.156. The van der Waals surface area contributed by atoms with E-state index in [9.17, 15) is 8.78 Å². The Morgan fingerprint density at radius 2 is 1.65 bits per heavy atom. The van der Waals surface area contributed by atoms with Crippen LogP contribution >= 0.6 is 36.4 Å². The summed E-state index contributed by atoms with van der Waals surface area (Å²) >= 11 is 6.07. The topological polar surface area (TPSA) is 15.3 Å². The van der Waals surface area contributed by atoms with Crippen molar-refractivity contribution in [1.29, 1.82) is 0 Å². The number of piperazine rings is 1. The van der Waals surface area contributed by atoms with Gasteiger partial charge in [-0.05, 0) is 30.9 Å². The fourth-order valence-electron chi connectivity index (χ4n) is 2.84. The maximum absolute atomic E-state index is 14.3. The maximum atomic E-state index is 14.3. The van der Waals surface area contributed by atoms with Gasteiger partial charge in [-0.2, -0.15) is 0 Å². The van der Waals surface area contributed by atoms with Crippen molar-refractivity contribution in [3.8, 4) is 0 Å². The van der Waals surface area contributed by atoms with Gasteiger partial charge in [-0.1, -0.05) is 25.4 Å². The first-order valence-corrected chi connectivity index (χ1v) is 7.96. The van der Waals surface area contributed by atoms with Gasteiger partial charge >= 0.3 is 0 Å². The van der Waals surface area contributed by atoms with Gasteiger partial charge in [-0.15, -0.1) is 24.8 Å². The second kappa shape index (κ2) is 10.7. The Kier molecular flexibility index (Phi) is 10.6. The van der Waals surface area contributed by atoms with Crippen molar-refractivity contribution in [3.05, 3.63) is 34.4 Å². The van der Waals surface area contributed by atoms with Gasteiger partial charge in [0.05, 0.1) is 5.02 Å². The molecule has 0 aromatic heterocycles. The van der Waals surface area contributed by atoms with Gasteiger partial charge in [0, 0.05) is 37.8 Å². The Morgan fingerprint density at radius 3 is 2.22 bits per heavy atom. The number of halogens is 5. The summed E-state index contributed by atoms with van der Waals surface area (Å²) in [7, 11) is 0. The smallest absolute Gasteiger partial charge is 0.142 e. The third-order valence-corrected chi connectivity index (χ3v) is 4.41. The molecular formula is C16H25Cl3F2N2. The molecule has 0 unspecified atom stereocenters. The lowest BCUT2D eigenvalue weighted by Gasteiger charge is -2.36. The molecule has 0 aliphatic carbocycles. The molecular weight excluding hydrogens is 365 g/mol. The zero-order valence-electron chi connectivity index (χ0n) is 13.4. The molecule has 1 aromatic carbocycles. The van der Waals surface area contributed by atoms with E-state index in [1.54, 1.807) is 0 Å². The minimum absolute atomic E-state index is 0. The molecule has 1 heterocycles. The Bertz CT molecular complexity index is 481. The highest BCUT2D eigenvalue weighted by Gasteiger charge is 2.28. The highest BCUT2D eigenvalue weighted by molar-refractivity contribution is 6.31. The summed E-state index contributed by atoms with van der Waals surface area (Å²) in [5.74, 6) is -0.433. The van der Waals surface area contributed by atoms with E-state index in [1.807, 2.05) is 0 Å². The Morgan fingerprint density at radius 1 is 1.09 bits per heavy atom. The molecule has 1 aromatic rings. The molecule has 0 spiro atoms. The standard InChI is InChI=1S/C16H23ClF2N2.2ClH/c1-11(2)3-6-14(21-9-7-20-8-10-21)15-12(18)4-5-13(19)16(15)17;;/h4-5,11,14,20H,3,6-10H2,1-2H3;2*1H/t14-;;/m0../s1. The van der Waals surface area contributed by atoms with E-state index in [0.717, 1.165) is 45.1 Å². The van der Waals surface area contributed by atoms with E-state index in [4.69, 9.17) is 11.6 Å². The predicted molar refractivity (Wildman–Crippen MR) is 97.1 cm³/mol.